The lowest BCUT2D eigenvalue weighted by molar-refractivity contribution is -0.140. The number of Topliss-reactive ketones (excluding diaryl/α,β-unsaturated/α-hetero) is 1. The van der Waals surface area contributed by atoms with Gasteiger partial charge < -0.3 is 10.5 Å². The van der Waals surface area contributed by atoms with Gasteiger partial charge in [-0.3, -0.25) is 9.59 Å². The molecule has 0 aromatic carbocycles. The van der Waals surface area contributed by atoms with Crippen LogP contribution >= 0.6 is 0 Å². The second kappa shape index (κ2) is 5.77. The highest BCUT2D eigenvalue weighted by Gasteiger charge is 2.28. The van der Waals surface area contributed by atoms with Crippen molar-refractivity contribution in [1.29, 1.82) is 5.41 Å². The third-order valence-electron chi connectivity index (χ3n) is 3.30. The topological polar surface area (TPSA) is 78.2 Å². The van der Waals surface area contributed by atoms with Crippen molar-refractivity contribution in [2.75, 3.05) is 0 Å². The van der Waals surface area contributed by atoms with Crippen molar-refractivity contribution in [1.82, 2.24) is 0 Å². The van der Waals surface area contributed by atoms with Crippen LogP contribution in [0.25, 0.3) is 0 Å². The molecular weight excluding hydrogens is 206 g/mol. The first kappa shape index (κ1) is 12.9. The predicted octanol–water partition coefficient (Wildman–Crippen LogP) is 2.27. The molecule has 1 aliphatic carbocycles. The fourth-order valence-electron chi connectivity index (χ4n) is 2.28. The van der Waals surface area contributed by atoms with Crippen LogP contribution in [0.2, 0.25) is 0 Å². The van der Waals surface area contributed by atoms with Crippen molar-refractivity contribution in [3.05, 3.63) is 0 Å². The number of nitrogens with one attached hydrogen (secondary N) is 1. The molecule has 1 saturated carbocycles. The van der Waals surface area contributed by atoms with E-state index in [1.807, 2.05) is 0 Å². The minimum absolute atomic E-state index is 0.220. The summed E-state index contributed by atoms with van der Waals surface area (Å²) in [4.78, 5) is 22.5. The van der Waals surface area contributed by atoms with Gasteiger partial charge in [-0.15, -0.1) is 0 Å². The minimum Gasteiger partial charge on any atom is -0.481 e. The van der Waals surface area contributed by atoms with Crippen molar-refractivity contribution >= 4 is 17.5 Å². The van der Waals surface area contributed by atoms with Gasteiger partial charge in [0.1, 0.15) is 5.92 Å². The molecule has 0 aliphatic heterocycles. The molecule has 0 aromatic rings. The first-order chi connectivity index (χ1) is 7.56. The molecule has 0 amide bonds. The maximum Gasteiger partial charge on any atom is 0.312 e. The highest BCUT2D eigenvalue weighted by molar-refractivity contribution is 6.42. The lowest BCUT2D eigenvalue weighted by Gasteiger charge is -2.12. The van der Waals surface area contributed by atoms with Gasteiger partial charge in [0, 0.05) is 6.42 Å². The van der Waals surface area contributed by atoms with E-state index in [9.17, 15) is 9.59 Å². The molecule has 2 N–H and O–H groups in total. The summed E-state index contributed by atoms with van der Waals surface area (Å²) >= 11 is 0. The Bertz CT molecular complexity index is 293. The van der Waals surface area contributed by atoms with E-state index in [1.54, 1.807) is 6.92 Å². The maximum absolute atomic E-state index is 11.7. The first-order valence-corrected chi connectivity index (χ1v) is 5.90. The Morgan fingerprint density at radius 2 is 1.94 bits per heavy atom. The van der Waals surface area contributed by atoms with Gasteiger partial charge in [0.25, 0.3) is 0 Å². The number of carbonyl (C=O) groups is 2. The average Bonchev–Trinajstić information content (AvgIpc) is 2.70. The second-order valence-corrected chi connectivity index (χ2v) is 4.49. The zero-order valence-electron chi connectivity index (χ0n) is 9.66. The summed E-state index contributed by atoms with van der Waals surface area (Å²) in [6, 6.07) is 0. The van der Waals surface area contributed by atoms with E-state index in [0.717, 1.165) is 25.7 Å². The molecule has 0 radical (unpaired) electrons. The van der Waals surface area contributed by atoms with Crippen molar-refractivity contribution < 1.29 is 14.7 Å². The van der Waals surface area contributed by atoms with E-state index in [4.69, 9.17) is 10.5 Å². The summed E-state index contributed by atoms with van der Waals surface area (Å²) < 4.78 is 0. The van der Waals surface area contributed by atoms with Crippen LogP contribution in [0.15, 0.2) is 0 Å². The molecule has 0 spiro atoms. The molecule has 0 heterocycles. The third kappa shape index (κ3) is 3.15. The highest BCUT2D eigenvalue weighted by atomic mass is 16.4. The fraction of sp³-hybridized carbons (Fsp3) is 0.750. The summed E-state index contributed by atoms with van der Waals surface area (Å²) in [5, 5.41) is 16.5. The Morgan fingerprint density at radius 3 is 2.38 bits per heavy atom. The second-order valence-electron chi connectivity index (χ2n) is 4.49. The summed E-state index contributed by atoms with van der Waals surface area (Å²) in [5.41, 5.74) is -0.220. The van der Waals surface area contributed by atoms with Crippen molar-refractivity contribution in [3.8, 4) is 0 Å². The average molecular weight is 225 g/mol. The lowest BCUT2D eigenvalue weighted by Crippen LogP contribution is -2.30. The predicted molar refractivity (Wildman–Crippen MR) is 60.7 cm³/mol. The Hall–Kier alpha value is -1.19. The summed E-state index contributed by atoms with van der Waals surface area (Å²) in [6.07, 6.45) is 5.07. The third-order valence-corrected chi connectivity index (χ3v) is 3.30. The molecule has 16 heavy (non-hydrogen) atoms. The molecule has 4 nitrogen and oxygen atoms in total. The van der Waals surface area contributed by atoms with E-state index in [-0.39, 0.29) is 11.5 Å². The zero-order valence-corrected chi connectivity index (χ0v) is 9.66. The Morgan fingerprint density at radius 1 is 1.38 bits per heavy atom. The van der Waals surface area contributed by atoms with E-state index < -0.39 is 11.9 Å². The molecule has 0 unspecified atom stereocenters. The first-order valence-electron chi connectivity index (χ1n) is 5.90. The largest absolute Gasteiger partial charge is 0.481 e. The van der Waals surface area contributed by atoms with Crippen molar-refractivity contribution in [3.63, 3.8) is 0 Å². The molecule has 1 fully saturated rings. The van der Waals surface area contributed by atoms with Crippen LogP contribution in [0.5, 0.6) is 0 Å². The number of carboxylic acid groups (broad SMARTS) is 1. The van der Waals surface area contributed by atoms with Crippen LogP contribution in [0.4, 0.5) is 0 Å². The van der Waals surface area contributed by atoms with Gasteiger partial charge in [-0.2, -0.15) is 0 Å². The molecule has 90 valence electrons. The van der Waals surface area contributed by atoms with Gasteiger partial charge in [0.15, 0.2) is 5.78 Å². The van der Waals surface area contributed by atoms with E-state index in [1.165, 1.54) is 0 Å². The Labute approximate surface area is 95.6 Å². The molecule has 4 heteroatoms. The van der Waals surface area contributed by atoms with Crippen LogP contribution in [0.3, 0.4) is 0 Å². The van der Waals surface area contributed by atoms with Gasteiger partial charge in [0.2, 0.25) is 0 Å². The van der Waals surface area contributed by atoms with Gasteiger partial charge >= 0.3 is 5.97 Å². The number of aliphatic carboxylic acids is 1. The Kier molecular flexibility index (Phi) is 4.65. The standard InChI is InChI=1S/C12H19NO3/c1-2-9(12(15)16)11(13)10(14)7-8-5-3-4-6-8/h8-9,13H,2-7H2,1H3,(H,15,16)/t9-/m1/s1. The lowest BCUT2D eigenvalue weighted by atomic mass is 9.91. The van der Waals surface area contributed by atoms with E-state index in [2.05, 4.69) is 0 Å². The van der Waals surface area contributed by atoms with Crippen molar-refractivity contribution in [2.24, 2.45) is 11.8 Å². The monoisotopic (exact) mass is 225 g/mol. The van der Waals surface area contributed by atoms with Gasteiger partial charge in [-0.1, -0.05) is 32.6 Å². The van der Waals surface area contributed by atoms with E-state index in [0.29, 0.717) is 18.8 Å². The van der Waals surface area contributed by atoms with Crippen LogP contribution in [0, 0.1) is 17.2 Å². The minimum atomic E-state index is -1.06. The molecule has 1 atom stereocenters. The van der Waals surface area contributed by atoms with Gasteiger partial charge in [0.05, 0.1) is 5.71 Å². The number of hydrogen-bond acceptors (Lipinski definition) is 3. The van der Waals surface area contributed by atoms with Gasteiger partial charge in [-0.25, -0.2) is 0 Å². The molecule has 0 saturated heterocycles. The number of carbonyl (C=O) groups excluding carboxylic acids is 1. The molecule has 1 rings (SSSR count). The number of hydrogen-bond donors (Lipinski definition) is 2. The highest BCUT2D eigenvalue weighted by Crippen LogP contribution is 2.28. The fourth-order valence-corrected chi connectivity index (χ4v) is 2.28. The summed E-state index contributed by atoms with van der Waals surface area (Å²) in [7, 11) is 0. The Balaban J connectivity index is 2.51. The molecule has 1 aliphatic rings. The smallest absolute Gasteiger partial charge is 0.312 e. The zero-order chi connectivity index (χ0) is 12.1. The van der Waals surface area contributed by atoms with E-state index >= 15 is 0 Å². The number of ketones is 1. The SMILES string of the molecule is CC[C@H](C(=N)C(=O)CC1CCCC1)C(=O)O. The summed E-state index contributed by atoms with van der Waals surface area (Å²) in [5.74, 6) is -1.89. The molecular formula is C12H19NO3. The normalized spacial score (nSPS) is 18.3. The molecule has 0 bridgehead atoms. The van der Waals surface area contributed by atoms with Gasteiger partial charge in [-0.05, 0) is 12.3 Å². The molecule has 0 aromatic heterocycles. The van der Waals surface area contributed by atoms with Crippen LogP contribution in [-0.2, 0) is 9.59 Å². The van der Waals surface area contributed by atoms with Crippen molar-refractivity contribution in [2.45, 2.75) is 45.4 Å². The summed E-state index contributed by atoms with van der Waals surface area (Å²) in [6.45, 7) is 1.69. The number of rotatable bonds is 6. The quantitative estimate of drug-likeness (QED) is 0.680. The van der Waals surface area contributed by atoms with Crippen LogP contribution in [0.1, 0.15) is 45.4 Å². The maximum atomic E-state index is 11.7. The van der Waals surface area contributed by atoms with Crippen LogP contribution < -0.4 is 0 Å². The number of carboxylic acids is 1. The van der Waals surface area contributed by atoms with Crippen LogP contribution in [-0.4, -0.2) is 22.6 Å².